The fraction of sp³-hybridized carbons (Fsp3) is 0.167. The van der Waals surface area contributed by atoms with E-state index in [4.69, 9.17) is 0 Å². The number of rotatable bonds is 2. The highest BCUT2D eigenvalue weighted by atomic mass is 16.2. The van der Waals surface area contributed by atoms with Crippen LogP contribution in [0.4, 0.5) is 0 Å². The summed E-state index contributed by atoms with van der Waals surface area (Å²) in [6.07, 6.45) is 1.98. The average molecular weight is 263 g/mol. The lowest BCUT2D eigenvalue weighted by Crippen LogP contribution is -2.10. The van der Waals surface area contributed by atoms with E-state index in [1.54, 1.807) is 4.57 Å². The highest BCUT2D eigenvalue weighted by molar-refractivity contribution is 6.03. The van der Waals surface area contributed by atoms with Gasteiger partial charge in [0.1, 0.15) is 0 Å². The van der Waals surface area contributed by atoms with Gasteiger partial charge in [0.25, 0.3) is 5.91 Å². The van der Waals surface area contributed by atoms with Crippen LogP contribution in [0, 0.1) is 0 Å². The van der Waals surface area contributed by atoms with E-state index in [9.17, 15) is 4.79 Å². The van der Waals surface area contributed by atoms with Crippen molar-refractivity contribution in [3.05, 3.63) is 71.9 Å². The molecule has 20 heavy (non-hydrogen) atoms. The second-order valence-corrected chi connectivity index (χ2v) is 5.30. The molecule has 0 aliphatic carbocycles. The Morgan fingerprint density at radius 3 is 2.30 bits per heavy atom. The molecule has 0 unspecified atom stereocenters. The van der Waals surface area contributed by atoms with Crippen molar-refractivity contribution in [2.24, 2.45) is 0 Å². The zero-order valence-corrected chi connectivity index (χ0v) is 11.7. The molecule has 1 heterocycles. The first-order valence-corrected chi connectivity index (χ1v) is 6.88. The minimum Gasteiger partial charge on any atom is -0.283 e. The number of fused-ring (bicyclic) bond motifs is 1. The van der Waals surface area contributed by atoms with Crippen LogP contribution in [0.2, 0.25) is 0 Å². The van der Waals surface area contributed by atoms with Crippen molar-refractivity contribution >= 4 is 16.8 Å². The zero-order valence-electron chi connectivity index (χ0n) is 11.7. The van der Waals surface area contributed by atoms with E-state index >= 15 is 0 Å². The number of aromatic nitrogens is 1. The minimum absolute atomic E-state index is 0.0219. The van der Waals surface area contributed by atoms with Crippen LogP contribution >= 0.6 is 0 Å². The van der Waals surface area contributed by atoms with Crippen LogP contribution in [-0.2, 0) is 0 Å². The molecule has 0 amide bonds. The van der Waals surface area contributed by atoms with Gasteiger partial charge in [0.2, 0.25) is 0 Å². The van der Waals surface area contributed by atoms with Gasteiger partial charge in [0, 0.05) is 17.1 Å². The molecule has 0 aliphatic rings. The summed E-state index contributed by atoms with van der Waals surface area (Å²) in [7, 11) is 0. The molecule has 0 aliphatic heterocycles. The van der Waals surface area contributed by atoms with Gasteiger partial charge >= 0.3 is 0 Å². The highest BCUT2D eigenvalue weighted by Crippen LogP contribution is 2.27. The van der Waals surface area contributed by atoms with E-state index in [-0.39, 0.29) is 5.91 Å². The molecule has 2 heteroatoms. The number of carbonyl (C=O) groups is 1. The zero-order chi connectivity index (χ0) is 14.1. The van der Waals surface area contributed by atoms with Crippen LogP contribution in [0.15, 0.2) is 60.8 Å². The lowest BCUT2D eigenvalue weighted by Gasteiger charge is -2.03. The summed E-state index contributed by atoms with van der Waals surface area (Å²) in [5, 5.41) is 1.16. The fourth-order valence-corrected chi connectivity index (χ4v) is 2.55. The van der Waals surface area contributed by atoms with Crippen LogP contribution in [-0.4, -0.2) is 10.5 Å². The van der Waals surface area contributed by atoms with Crippen molar-refractivity contribution in [1.82, 2.24) is 4.57 Å². The molecule has 3 rings (SSSR count). The number of hydrogen-bond acceptors (Lipinski definition) is 1. The summed E-state index contributed by atoms with van der Waals surface area (Å²) >= 11 is 0. The van der Waals surface area contributed by atoms with Gasteiger partial charge in [0.15, 0.2) is 0 Å². The SMILES string of the molecule is CC(C)c1cn(C(=O)c2ccccc2)c2ccccc12. The van der Waals surface area contributed by atoms with E-state index in [0.717, 1.165) is 10.9 Å². The Bertz CT molecular complexity index is 753. The summed E-state index contributed by atoms with van der Waals surface area (Å²) in [4.78, 5) is 12.7. The molecule has 100 valence electrons. The maximum Gasteiger partial charge on any atom is 0.262 e. The molecule has 0 saturated heterocycles. The minimum atomic E-state index is 0.0219. The third-order valence-electron chi connectivity index (χ3n) is 3.60. The van der Waals surface area contributed by atoms with E-state index in [1.807, 2.05) is 54.7 Å². The Hall–Kier alpha value is -2.35. The molecule has 0 saturated carbocycles. The van der Waals surface area contributed by atoms with Crippen molar-refractivity contribution in [2.45, 2.75) is 19.8 Å². The molecule has 0 N–H and O–H groups in total. The van der Waals surface area contributed by atoms with Crippen molar-refractivity contribution < 1.29 is 4.79 Å². The van der Waals surface area contributed by atoms with Gasteiger partial charge in [-0.2, -0.15) is 0 Å². The number of nitrogens with zero attached hydrogens (tertiary/aromatic N) is 1. The summed E-state index contributed by atoms with van der Waals surface area (Å²) in [5.41, 5.74) is 2.90. The van der Waals surface area contributed by atoms with Crippen molar-refractivity contribution in [3.63, 3.8) is 0 Å². The topological polar surface area (TPSA) is 22.0 Å². The van der Waals surface area contributed by atoms with Crippen LogP contribution in [0.1, 0.15) is 35.7 Å². The number of benzene rings is 2. The summed E-state index contributed by atoms with van der Waals surface area (Å²) in [6.45, 7) is 4.30. The van der Waals surface area contributed by atoms with Crippen molar-refractivity contribution in [3.8, 4) is 0 Å². The number of hydrogen-bond donors (Lipinski definition) is 0. The number of para-hydroxylation sites is 1. The molecule has 2 nitrogen and oxygen atoms in total. The molecule has 0 fully saturated rings. The second kappa shape index (κ2) is 4.97. The lowest BCUT2D eigenvalue weighted by atomic mass is 10.0. The standard InChI is InChI=1S/C18H17NO/c1-13(2)16-12-19(17-11-7-6-10-15(16)17)18(20)14-8-4-3-5-9-14/h3-13H,1-2H3. The van der Waals surface area contributed by atoms with Gasteiger partial charge in [-0.15, -0.1) is 0 Å². The molecule has 0 atom stereocenters. The molecular formula is C18H17NO. The molecule has 0 radical (unpaired) electrons. The van der Waals surface area contributed by atoms with Gasteiger partial charge in [-0.05, 0) is 29.7 Å². The summed E-state index contributed by atoms with van der Waals surface area (Å²) in [5.74, 6) is 0.415. The Balaban J connectivity index is 2.20. The maximum atomic E-state index is 12.7. The van der Waals surface area contributed by atoms with Gasteiger partial charge in [-0.1, -0.05) is 50.2 Å². The first kappa shape index (κ1) is 12.7. The third-order valence-corrected chi connectivity index (χ3v) is 3.60. The second-order valence-electron chi connectivity index (χ2n) is 5.30. The van der Waals surface area contributed by atoms with Crippen LogP contribution in [0.5, 0.6) is 0 Å². The average Bonchev–Trinajstić information content (AvgIpc) is 2.87. The van der Waals surface area contributed by atoms with Gasteiger partial charge in [-0.3, -0.25) is 9.36 Å². The molecule has 0 bridgehead atoms. The third kappa shape index (κ3) is 2.03. The van der Waals surface area contributed by atoms with Crippen LogP contribution < -0.4 is 0 Å². The summed E-state index contributed by atoms with van der Waals surface area (Å²) < 4.78 is 1.76. The van der Waals surface area contributed by atoms with E-state index < -0.39 is 0 Å². The summed E-state index contributed by atoms with van der Waals surface area (Å²) in [6, 6.07) is 17.5. The quantitative estimate of drug-likeness (QED) is 0.669. The van der Waals surface area contributed by atoms with E-state index in [1.165, 1.54) is 5.56 Å². The Morgan fingerprint density at radius 1 is 0.950 bits per heavy atom. The first-order chi connectivity index (χ1) is 9.68. The molecule has 0 spiro atoms. The molecule has 2 aromatic carbocycles. The monoisotopic (exact) mass is 263 g/mol. The Kier molecular flexibility index (Phi) is 3.15. The lowest BCUT2D eigenvalue weighted by molar-refractivity contribution is 0.0965. The fourth-order valence-electron chi connectivity index (χ4n) is 2.55. The van der Waals surface area contributed by atoms with Gasteiger partial charge < -0.3 is 0 Å². The van der Waals surface area contributed by atoms with Gasteiger partial charge in [-0.25, -0.2) is 0 Å². The molecule has 1 aromatic heterocycles. The Labute approximate surface area is 118 Å². The van der Waals surface area contributed by atoms with Crippen molar-refractivity contribution in [2.75, 3.05) is 0 Å². The first-order valence-electron chi connectivity index (χ1n) is 6.88. The Morgan fingerprint density at radius 2 is 1.60 bits per heavy atom. The highest BCUT2D eigenvalue weighted by Gasteiger charge is 2.16. The largest absolute Gasteiger partial charge is 0.283 e. The van der Waals surface area contributed by atoms with Crippen LogP contribution in [0.3, 0.4) is 0 Å². The van der Waals surface area contributed by atoms with E-state index in [0.29, 0.717) is 11.5 Å². The van der Waals surface area contributed by atoms with Crippen LogP contribution in [0.25, 0.3) is 10.9 Å². The normalized spacial score (nSPS) is 11.2. The molecule has 3 aromatic rings. The maximum absolute atomic E-state index is 12.7. The van der Waals surface area contributed by atoms with Gasteiger partial charge in [0.05, 0.1) is 5.52 Å². The predicted octanol–water partition coefficient (Wildman–Crippen LogP) is 4.45. The van der Waals surface area contributed by atoms with Crippen molar-refractivity contribution in [1.29, 1.82) is 0 Å². The predicted molar refractivity (Wildman–Crippen MR) is 82.2 cm³/mol. The number of carbonyl (C=O) groups excluding carboxylic acids is 1. The van der Waals surface area contributed by atoms with E-state index in [2.05, 4.69) is 19.9 Å². The molecular weight excluding hydrogens is 246 g/mol. The smallest absolute Gasteiger partial charge is 0.262 e.